The van der Waals surface area contributed by atoms with Gasteiger partial charge in [-0.15, -0.1) is 0 Å². The molecule has 1 aliphatic heterocycles. The van der Waals surface area contributed by atoms with E-state index in [9.17, 15) is 13.2 Å². The Morgan fingerprint density at radius 3 is 2.60 bits per heavy atom. The lowest BCUT2D eigenvalue weighted by atomic mass is 10.0. The molecule has 25 heavy (non-hydrogen) atoms. The summed E-state index contributed by atoms with van der Waals surface area (Å²) in [4.78, 5) is 12.7. The largest absolute Gasteiger partial charge is 0.481 e. The zero-order valence-corrected chi connectivity index (χ0v) is 15.2. The fraction of sp³-hybridized carbons (Fsp3) is 0.278. The quantitative estimate of drug-likeness (QED) is 0.885. The van der Waals surface area contributed by atoms with Crippen LogP contribution in [0.15, 0.2) is 53.4 Å². The minimum atomic E-state index is -3.28. The van der Waals surface area contributed by atoms with Gasteiger partial charge in [0.15, 0.2) is 15.9 Å². The van der Waals surface area contributed by atoms with E-state index in [1.165, 1.54) is 0 Å². The minimum absolute atomic E-state index is 0.0153. The van der Waals surface area contributed by atoms with Crippen LogP contribution in [0.25, 0.3) is 0 Å². The number of hydrogen-bond donors (Lipinski definition) is 1. The van der Waals surface area contributed by atoms with E-state index in [0.717, 1.165) is 0 Å². The van der Waals surface area contributed by atoms with Crippen LogP contribution in [0.3, 0.4) is 0 Å². The first-order valence-corrected chi connectivity index (χ1v) is 9.94. The number of carbonyl (C=O) groups excluding carboxylic acids is 1. The molecule has 1 heterocycles. The molecule has 5 nitrogen and oxygen atoms in total. The van der Waals surface area contributed by atoms with Crippen molar-refractivity contribution < 1.29 is 17.9 Å². The summed E-state index contributed by atoms with van der Waals surface area (Å²) in [7, 11) is -3.28. The van der Waals surface area contributed by atoms with E-state index in [0.29, 0.717) is 22.8 Å². The molecule has 1 amide bonds. The number of carbonyl (C=O) groups is 1. The van der Waals surface area contributed by atoms with Crippen molar-refractivity contribution in [2.45, 2.75) is 30.4 Å². The van der Waals surface area contributed by atoms with E-state index >= 15 is 0 Å². The number of sulfone groups is 1. The van der Waals surface area contributed by atoms with Gasteiger partial charge in [0.25, 0.3) is 5.91 Å². The fourth-order valence-electron chi connectivity index (χ4n) is 2.80. The molecule has 3 rings (SSSR count). The van der Waals surface area contributed by atoms with Crippen molar-refractivity contribution in [2.75, 3.05) is 5.75 Å². The summed E-state index contributed by atoms with van der Waals surface area (Å²) in [5, 5.41) is 3.48. The molecule has 1 aliphatic rings. The molecule has 0 fully saturated rings. The van der Waals surface area contributed by atoms with Crippen LogP contribution in [-0.2, 0) is 14.6 Å². The lowest BCUT2D eigenvalue weighted by Gasteiger charge is -2.27. The van der Waals surface area contributed by atoms with E-state index in [4.69, 9.17) is 16.3 Å². The number of ether oxygens (including phenoxy) is 1. The summed E-state index contributed by atoms with van der Waals surface area (Å²) >= 11 is 5.83. The molecular weight excluding hydrogens is 362 g/mol. The van der Waals surface area contributed by atoms with Crippen LogP contribution in [0, 0.1) is 0 Å². The van der Waals surface area contributed by atoms with Gasteiger partial charge in [0, 0.05) is 5.02 Å². The monoisotopic (exact) mass is 379 g/mol. The Kier molecular flexibility index (Phi) is 5.01. The third-order valence-electron chi connectivity index (χ3n) is 4.12. The van der Waals surface area contributed by atoms with E-state index in [2.05, 4.69) is 5.32 Å². The molecule has 2 atom stereocenters. The molecule has 0 spiro atoms. The highest BCUT2D eigenvalue weighted by Gasteiger charge is 2.31. The van der Waals surface area contributed by atoms with Crippen LogP contribution >= 0.6 is 11.6 Å². The van der Waals surface area contributed by atoms with E-state index < -0.39 is 15.9 Å². The normalized spacial score (nSPS) is 19.5. The zero-order chi connectivity index (χ0) is 18.0. The zero-order valence-electron chi connectivity index (χ0n) is 13.6. The average Bonchev–Trinajstić information content (AvgIpc) is 2.59. The molecule has 132 valence electrons. The van der Waals surface area contributed by atoms with Crippen molar-refractivity contribution in [3.63, 3.8) is 0 Å². The van der Waals surface area contributed by atoms with Crippen molar-refractivity contribution in [3.8, 4) is 5.75 Å². The molecule has 0 aromatic heterocycles. The van der Waals surface area contributed by atoms with E-state index in [1.54, 1.807) is 55.5 Å². The number of rotatable bonds is 4. The van der Waals surface area contributed by atoms with Crippen molar-refractivity contribution in [1.82, 2.24) is 5.32 Å². The van der Waals surface area contributed by atoms with E-state index in [1.807, 2.05) is 0 Å². The number of nitrogens with one attached hydrogen (secondary N) is 1. The summed E-state index contributed by atoms with van der Waals surface area (Å²) < 4.78 is 29.9. The van der Waals surface area contributed by atoms with Crippen LogP contribution in [0.5, 0.6) is 5.75 Å². The first-order chi connectivity index (χ1) is 11.9. The number of fused-ring (bicyclic) bond motifs is 1. The summed E-state index contributed by atoms with van der Waals surface area (Å²) in [6.45, 7) is 1.65. The van der Waals surface area contributed by atoms with Crippen LogP contribution in [0.2, 0.25) is 5.02 Å². The highest BCUT2D eigenvalue weighted by molar-refractivity contribution is 7.91. The predicted octanol–water partition coefficient (Wildman–Crippen LogP) is 3.14. The predicted molar refractivity (Wildman–Crippen MR) is 95.5 cm³/mol. The second-order valence-electron chi connectivity index (χ2n) is 5.92. The second-order valence-corrected chi connectivity index (χ2v) is 8.43. The first kappa shape index (κ1) is 17.8. The molecule has 2 aromatic rings. The number of amides is 1. The fourth-order valence-corrected chi connectivity index (χ4v) is 4.55. The van der Waals surface area contributed by atoms with Crippen molar-refractivity contribution in [1.29, 1.82) is 0 Å². The molecule has 0 saturated carbocycles. The highest BCUT2D eigenvalue weighted by Crippen LogP contribution is 2.32. The molecule has 0 saturated heterocycles. The maximum Gasteiger partial charge on any atom is 0.261 e. The minimum Gasteiger partial charge on any atom is -0.481 e. The molecule has 0 radical (unpaired) electrons. The lowest BCUT2D eigenvalue weighted by Crippen LogP contribution is -2.40. The molecule has 2 aromatic carbocycles. The molecule has 0 unspecified atom stereocenters. The van der Waals surface area contributed by atoms with Gasteiger partial charge < -0.3 is 10.1 Å². The van der Waals surface area contributed by atoms with Gasteiger partial charge in [-0.25, -0.2) is 8.42 Å². The van der Waals surface area contributed by atoms with Gasteiger partial charge in [-0.2, -0.15) is 0 Å². The molecule has 7 heteroatoms. The molecule has 1 N–H and O–H groups in total. The summed E-state index contributed by atoms with van der Waals surface area (Å²) in [5.74, 6) is 0.259. The van der Waals surface area contributed by atoms with Crippen molar-refractivity contribution in [3.05, 3.63) is 59.1 Å². The van der Waals surface area contributed by atoms with Gasteiger partial charge in [0.1, 0.15) is 5.75 Å². The smallest absolute Gasteiger partial charge is 0.261 e. The van der Waals surface area contributed by atoms with Gasteiger partial charge in [0.2, 0.25) is 0 Å². The number of halogens is 1. The number of hydrogen-bond acceptors (Lipinski definition) is 4. The van der Waals surface area contributed by atoms with Gasteiger partial charge in [-0.05, 0) is 49.2 Å². The van der Waals surface area contributed by atoms with Gasteiger partial charge in [0.05, 0.1) is 16.7 Å². The van der Waals surface area contributed by atoms with Crippen molar-refractivity contribution in [2.24, 2.45) is 0 Å². The van der Waals surface area contributed by atoms with Gasteiger partial charge in [-0.1, -0.05) is 29.8 Å². The van der Waals surface area contributed by atoms with Gasteiger partial charge >= 0.3 is 0 Å². The Morgan fingerprint density at radius 2 is 1.88 bits per heavy atom. The SMILES string of the molecule is C[C@H](Oc1ccc(Cl)cc1)C(=O)N[C@H]1CCS(=O)(=O)c2ccccc21. The standard InChI is InChI=1S/C18H18ClNO4S/c1-12(24-14-8-6-13(19)7-9-14)18(21)20-16-10-11-25(22,23)17-5-3-2-4-15(16)17/h2-9,12,16H,10-11H2,1H3,(H,20,21)/t12-,16-/m0/s1. The number of benzene rings is 2. The van der Waals surface area contributed by atoms with Crippen LogP contribution in [0.4, 0.5) is 0 Å². The van der Waals surface area contributed by atoms with E-state index in [-0.39, 0.29) is 22.6 Å². The Balaban J connectivity index is 1.71. The highest BCUT2D eigenvalue weighted by atomic mass is 35.5. The third-order valence-corrected chi connectivity index (χ3v) is 6.18. The van der Waals surface area contributed by atoms with Crippen LogP contribution in [0.1, 0.15) is 24.9 Å². The maximum absolute atomic E-state index is 12.4. The first-order valence-electron chi connectivity index (χ1n) is 7.91. The third kappa shape index (κ3) is 3.96. The Hall–Kier alpha value is -2.05. The average molecular weight is 380 g/mol. The Labute approximate surface area is 151 Å². The summed E-state index contributed by atoms with van der Waals surface area (Å²) in [6, 6.07) is 13.2. The van der Waals surface area contributed by atoms with Crippen LogP contribution in [-0.4, -0.2) is 26.2 Å². The summed E-state index contributed by atoms with van der Waals surface area (Å²) in [6.07, 6.45) is -0.370. The Morgan fingerprint density at radius 1 is 1.20 bits per heavy atom. The second kappa shape index (κ2) is 7.06. The van der Waals surface area contributed by atoms with Crippen LogP contribution < -0.4 is 10.1 Å². The molecule has 0 aliphatic carbocycles. The lowest BCUT2D eigenvalue weighted by molar-refractivity contribution is -0.128. The molecular formula is C18H18ClNO4S. The van der Waals surface area contributed by atoms with Crippen molar-refractivity contribution >= 4 is 27.3 Å². The van der Waals surface area contributed by atoms with Gasteiger partial charge in [-0.3, -0.25) is 4.79 Å². The Bertz CT molecular complexity index is 880. The molecule has 0 bridgehead atoms. The topological polar surface area (TPSA) is 72.5 Å². The summed E-state index contributed by atoms with van der Waals surface area (Å²) in [5.41, 5.74) is 0.626. The maximum atomic E-state index is 12.4.